The molecule has 0 saturated heterocycles. The van der Waals surface area contributed by atoms with Crippen molar-refractivity contribution in [2.45, 2.75) is 94.8 Å². The molecule has 0 aliphatic heterocycles. The number of hydrogen-bond acceptors (Lipinski definition) is 5. The molecule has 0 unspecified atom stereocenters. The topological polar surface area (TPSA) is 101 Å². The fourth-order valence-electron chi connectivity index (χ4n) is 6.36. The van der Waals surface area contributed by atoms with Crippen LogP contribution in [0, 0.1) is 11.8 Å². The van der Waals surface area contributed by atoms with E-state index in [1.54, 1.807) is 30.7 Å². The molecular formula is C30H33F5N6O2. The molecule has 3 aromatic rings. The van der Waals surface area contributed by atoms with Crippen LogP contribution in [0.15, 0.2) is 30.7 Å². The highest BCUT2D eigenvalue weighted by Crippen LogP contribution is 2.43. The van der Waals surface area contributed by atoms with Gasteiger partial charge in [-0.15, -0.1) is 0 Å². The van der Waals surface area contributed by atoms with Crippen LogP contribution in [0.25, 0.3) is 5.65 Å². The third-order valence-corrected chi connectivity index (χ3v) is 8.83. The monoisotopic (exact) mass is 604 g/mol. The molecule has 0 aromatic carbocycles. The molecule has 3 aliphatic rings. The van der Waals surface area contributed by atoms with Crippen LogP contribution in [0.2, 0.25) is 0 Å². The largest absolute Gasteiger partial charge is 0.389 e. The molecule has 2 fully saturated rings. The normalized spacial score (nSPS) is 20.0. The van der Waals surface area contributed by atoms with E-state index in [1.165, 1.54) is 4.52 Å². The fourth-order valence-corrected chi connectivity index (χ4v) is 6.36. The highest BCUT2D eigenvalue weighted by atomic mass is 19.4. The molecule has 3 aliphatic carbocycles. The summed E-state index contributed by atoms with van der Waals surface area (Å²) in [6.07, 6.45) is 2.58. The lowest BCUT2D eigenvalue weighted by atomic mass is 9.81. The molecule has 2 saturated carbocycles. The molecule has 3 heterocycles. The van der Waals surface area contributed by atoms with Gasteiger partial charge in [0.2, 0.25) is 11.8 Å². The molecule has 13 heteroatoms. The summed E-state index contributed by atoms with van der Waals surface area (Å²) in [7, 11) is 0. The van der Waals surface area contributed by atoms with Crippen LogP contribution in [0.4, 0.5) is 22.0 Å². The summed E-state index contributed by atoms with van der Waals surface area (Å²) < 4.78 is 67.5. The molecule has 2 N–H and O–H groups in total. The maximum absolute atomic E-state index is 14.1. The lowest BCUT2D eigenvalue weighted by molar-refractivity contribution is -0.144. The minimum atomic E-state index is -4.42. The van der Waals surface area contributed by atoms with E-state index in [0.29, 0.717) is 22.5 Å². The third kappa shape index (κ3) is 6.80. The smallest absolute Gasteiger partial charge is 0.349 e. The molecule has 3 aromatic heterocycles. The van der Waals surface area contributed by atoms with Crippen LogP contribution in [0.5, 0.6) is 0 Å². The molecule has 0 spiro atoms. The van der Waals surface area contributed by atoms with Gasteiger partial charge in [0.15, 0.2) is 5.65 Å². The highest BCUT2D eigenvalue weighted by Gasteiger charge is 2.40. The van der Waals surface area contributed by atoms with Gasteiger partial charge in [-0.25, -0.2) is 18.3 Å². The van der Waals surface area contributed by atoms with E-state index >= 15 is 0 Å². The Morgan fingerprint density at radius 3 is 2.51 bits per heavy atom. The van der Waals surface area contributed by atoms with Crippen LogP contribution in [-0.4, -0.2) is 43.5 Å². The van der Waals surface area contributed by atoms with E-state index in [9.17, 15) is 31.5 Å². The maximum atomic E-state index is 14.1. The Balaban J connectivity index is 1.26. The van der Waals surface area contributed by atoms with Gasteiger partial charge in [-0.1, -0.05) is 0 Å². The highest BCUT2D eigenvalue weighted by molar-refractivity contribution is 5.96. The lowest BCUT2D eigenvalue weighted by Gasteiger charge is -2.33. The van der Waals surface area contributed by atoms with Crippen molar-refractivity contribution < 1.29 is 31.5 Å². The molecular weight excluding hydrogens is 571 g/mol. The first-order valence-electron chi connectivity index (χ1n) is 14.8. The molecule has 2 amide bonds. The van der Waals surface area contributed by atoms with Gasteiger partial charge >= 0.3 is 6.18 Å². The number of carbonyl (C=O) groups is 2. The summed E-state index contributed by atoms with van der Waals surface area (Å²) in [5.74, 6) is -3.91. The number of pyridine rings is 1. The van der Waals surface area contributed by atoms with Crippen molar-refractivity contribution in [3.8, 4) is 0 Å². The zero-order chi connectivity index (χ0) is 30.4. The Hall–Kier alpha value is -3.64. The van der Waals surface area contributed by atoms with Crippen molar-refractivity contribution in [2.24, 2.45) is 11.8 Å². The number of imidazole rings is 1. The fraction of sp³-hybridized carbons (Fsp3) is 0.567. The van der Waals surface area contributed by atoms with Crippen LogP contribution in [0.3, 0.4) is 0 Å². The molecule has 230 valence electrons. The second-order valence-corrected chi connectivity index (χ2v) is 12.0. The number of rotatable bonds is 9. The minimum Gasteiger partial charge on any atom is -0.349 e. The average molecular weight is 605 g/mol. The molecule has 2 atom stereocenters. The third-order valence-electron chi connectivity index (χ3n) is 8.83. The van der Waals surface area contributed by atoms with E-state index in [4.69, 9.17) is 4.98 Å². The van der Waals surface area contributed by atoms with Gasteiger partial charge in [0.05, 0.1) is 36.6 Å². The number of nitrogens with one attached hydrogen (secondary N) is 2. The van der Waals surface area contributed by atoms with Crippen LogP contribution < -0.4 is 10.6 Å². The standard InChI is InChI=1S/C30H33F5N6O2/c31-29(32)10-6-18(7-11-29)27(40-28(43)21-9-13-36-22-3-1-2-20(21)22)23-16-41-24(38-23)14-19(15-37-41)26(17-4-5-17)39-25(42)8-12-30(33,34)35/h9,13-18,26-27H,1-8,10-12H2,(H,39,42)(H,40,43)/t26-,27+/m1/s1. The molecule has 43 heavy (non-hydrogen) atoms. The average Bonchev–Trinajstić information content (AvgIpc) is 3.52. The SMILES string of the molecule is O=C(CCC(F)(F)F)N[C@@H](c1cnn2cc([C@@H](NC(=O)c3ccnc4c3CCC4)C3CCC(F)(F)CC3)nc2c1)C1CC1. The second-order valence-electron chi connectivity index (χ2n) is 12.0. The van der Waals surface area contributed by atoms with Crippen molar-refractivity contribution in [3.63, 3.8) is 0 Å². The first-order chi connectivity index (χ1) is 20.5. The molecule has 8 nitrogen and oxygen atoms in total. The van der Waals surface area contributed by atoms with Crippen molar-refractivity contribution in [1.29, 1.82) is 0 Å². The maximum Gasteiger partial charge on any atom is 0.389 e. The number of hydrogen-bond donors (Lipinski definition) is 2. The van der Waals surface area contributed by atoms with Gasteiger partial charge in [-0.05, 0) is 80.0 Å². The number of aromatic nitrogens is 4. The summed E-state index contributed by atoms with van der Waals surface area (Å²) in [6.45, 7) is 0. The number of aryl methyl sites for hydroxylation is 1. The first kappa shape index (κ1) is 29.4. The number of fused-ring (bicyclic) bond motifs is 2. The Bertz CT molecular complexity index is 1510. The predicted molar refractivity (Wildman–Crippen MR) is 145 cm³/mol. The Kier molecular flexibility index (Phi) is 7.84. The zero-order valence-corrected chi connectivity index (χ0v) is 23.5. The van der Waals surface area contributed by atoms with Gasteiger partial charge in [-0.2, -0.15) is 18.3 Å². The quantitative estimate of drug-likeness (QED) is 0.300. The van der Waals surface area contributed by atoms with Crippen LogP contribution in [-0.2, 0) is 17.6 Å². The Morgan fingerprint density at radius 2 is 1.79 bits per heavy atom. The van der Waals surface area contributed by atoms with Crippen molar-refractivity contribution in [2.75, 3.05) is 0 Å². The molecule has 0 radical (unpaired) electrons. The second kappa shape index (κ2) is 11.5. The summed E-state index contributed by atoms with van der Waals surface area (Å²) in [5, 5.41) is 10.3. The van der Waals surface area contributed by atoms with Crippen molar-refractivity contribution >= 4 is 17.5 Å². The van der Waals surface area contributed by atoms with Gasteiger partial charge in [-0.3, -0.25) is 14.6 Å². The van der Waals surface area contributed by atoms with Crippen molar-refractivity contribution in [1.82, 2.24) is 30.2 Å². The minimum absolute atomic E-state index is 0.0894. The Morgan fingerprint density at radius 1 is 1.05 bits per heavy atom. The van der Waals surface area contributed by atoms with Gasteiger partial charge in [0.1, 0.15) is 0 Å². The van der Waals surface area contributed by atoms with Crippen molar-refractivity contribution in [3.05, 3.63) is 58.8 Å². The van der Waals surface area contributed by atoms with E-state index in [0.717, 1.165) is 43.4 Å². The van der Waals surface area contributed by atoms with E-state index in [2.05, 4.69) is 20.7 Å². The summed E-state index contributed by atoms with van der Waals surface area (Å²) in [5.41, 5.74) is 3.88. The number of halogens is 5. The molecule has 6 rings (SSSR count). The summed E-state index contributed by atoms with van der Waals surface area (Å²) in [4.78, 5) is 35.0. The predicted octanol–water partition coefficient (Wildman–Crippen LogP) is 5.82. The summed E-state index contributed by atoms with van der Waals surface area (Å²) in [6, 6.07) is 2.28. The number of amides is 2. The Labute approximate surface area is 244 Å². The lowest BCUT2D eigenvalue weighted by Crippen LogP contribution is -2.37. The van der Waals surface area contributed by atoms with E-state index < -0.39 is 42.9 Å². The van der Waals surface area contributed by atoms with Gasteiger partial charge < -0.3 is 10.6 Å². The summed E-state index contributed by atoms with van der Waals surface area (Å²) >= 11 is 0. The zero-order valence-electron chi connectivity index (χ0n) is 23.5. The van der Waals surface area contributed by atoms with Crippen LogP contribution in [0.1, 0.15) is 103 Å². The van der Waals surface area contributed by atoms with E-state index in [1.807, 2.05) is 0 Å². The number of alkyl halides is 5. The van der Waals surface area contributed by atoms with Crippen LogP contribution >= 0.6 is 0 Å². The first-order valence-corrected chi connectivity index (χ1v) is 14.8. The van der Waals surface area contributed by atoms with Gasteiger partial charge in [0, 0.05) is 36.7 Å². The molecule has 0 bridgehead atoms. The van der Waals surface area contributed by atoms with E-state index in [-0.39, 0.29) is 43.4 Å². The number of nitrogens with zero attached hydrogens (tertiary/aromatic N) is 4. The van der Waals surface area contributed by atoms with Gasteiger partial charge in [0.25, 0.3) is 5.91 Å². The number of carbonyl (C=O) groups excluding carboxylic acids is 2.